The van der Waals surface area contributed by atoms with Crippen LogP contribution in [0.3, 0.4) is 0 Å². The zero-order chi connectivity index (χ0) is 24.6. The van der Waals surface area contributed by atoms with E-state index in [1.165, 1.54) is 4.90 Å². The molecule has 2 aromatic carbocycles. The van der Waals surface area contributed by atoms with Crippen molar-refractivity contribution in [2.45, 2.75) is 40.7 Å². The average molecular weight is 460 g/mol. The van der Waals surface area contributed by atoms with E-state index in [4.69, 9.17) is 9.15 Å². The first kappa shape index (κ1) is 23.4. The first-order valence-electron chi connectivity index (χ1n) is 11.4. The van der Waals surface area contributed by atoms with Crippen molar-refractivity contribution in [3.8, 4) is 5.75 Å². The number of amides is 1. The molecule has 1 N–H and O–H groups in total. The number of furan rings is 1. The van der Waals surface area contributed by atoms with Crippen LogP contribution in [0.2, 0.25) is 0 Å². The number of ketones is 1. The van der Waals surface area contributed by atoms with Gasteiger partial charge in [0, 0.05) is 11.3 Å². The monoisotopic (exact) mass is 459 g/mol. The van der Waals surface area contributed by atoms with Crippen molar-refractivity contribution in [2.24, 2.45) is 5.92 Å². The van der Waals surface area contributed by atoms with Gasteiger partial charge in [-0.05, 0) is 68.1 Å². The topological polar surface area (TPSA) is 80.0 Å². The van der Waals surface area contributed by atoms with Crippen LogP contribution in [0.15, 0.2) is 64.6 Å². The van der Waals surface area contributed by atoms with Crippen LogP contribution in [0, 0.1) is 26.7 Å². The van der Waals surface area contributed by atoms with Gasteiger partial charge in [0.2, 0.25) is 0 Å². The predicted molar refractivity (Wildman–Crippen MR) is 131 cm³/mol. The Morgan fingerprint density at radius 3 is 2.47 bits per heavy atom. The minimum atomic E-state index is -0.894. The van der Waals surface area contributed by atoms with Crippen molar-refractivity contribution in [1.82, 2.24) is 0 Å². The minimum Gasteiger partial charge on any atom is -0.507 e. The summed E-state index contributed by atoms with van der Waals surface area (Å²) < 4.78 is 11.7. The van der Waals surface area contributed by atoms with Crippen LogP contribution in [-0.4, -0.2) is 23.4 Å². The van der Waals surface area contributed by atoms with Crippen molar-refractivity contribution < 1.29 is 23.8 Å². The molecular weight excluding hydrogens is 430 g/mol. The molecule has 1 aliphatic heterocycles. The molecule has 0 radical (unpaired) electrons. The van der Waals surface area contributed by atoms with Crippen LogP contribution in [0.5, 0.6) is 5.75 Å². The number of rotatable bonds is 6. The summed E-state index contributed by atoms with van der Waals surface area (Å²) in [5.41, 5.74) is 2.86. The molecule has 1 atom stereocenters. The lowest BCUT2D eigenvalue weighted by atomic mass is 9.98. The molecule has 1 aliphatic rings. The molecule has 176 valence electrons. The van der Waals surface area contributed by atoms with Crippen molar-refractivity contribution in [2.75, 3.05) is 11.5 Å². The Balaban J connectivity index is 1.88. The third kappa shape index (κ3) is 4.23. The molecule has 0 bridgehead atoms. The Kier molecular flexibility index (Phi) is 6.33. The van der Waals surface area contributed by atoms with Gasteiger partial charge in [-0.25, -0.2) is 0 Å². The predicted octanol–water partition coefficient (Wildman–Crippen LogP) is 5.87. The summed E-state index contributed by atoms with van der Waals surface area (Å²) >= 11 is 0. The highest BCUT2D eigenvalue weighted by Gasteiger charge is 2.48. The summed E-state index contributed by atoms with van der Waals surface area (Å²) in [5, 5.41) is 11.3. The molecule has 6 nitrogen and oxygen atoms in total. The van der Waals surface area contributed by atoms with Gasteiger partial charge in [0.15, 0.2) is 0 Å². The van der Waals surface area contributed by atoms with Gasteiger partial charge < -0.3 is 14.3 Å². The first-order chi connectivity index (χ1) is 16.2. The molecule has 0 spiro atoms. The number of hydrogen-bond donors (Lipinski definition) is 1. The van der Waals surface area contributed by atoms with Crippen LogP contribution in [0.4, 0.5) is 5.69 Å². The number of nitrogens with zero attached hydrogens (tertiary/aromatic N) is 1. The Bertz CT molecular complexity index is 1280. The molecule has 0 saturated carbocycles. The molecule has 1 saturated heterocycles. The molecule has 1 aromatic heterocycles. The maximum atomic E-state index is 13.3. The average Bonchev–Trinajstić information content (AvgIpc) is 3.35. The molecule has 3 aromatic rings. The lowest BCUT2D eigenvalue weighted by Crippen LogP contribution is -2.30. The van der Waals surface area contributed by atoms with Crippen molar-refractivity contribution in [3.05, 3.63) is 88.4 Å². The third-order valence-electron chi connectivity index (χ3n) is 6.00. The molecule has 6 heteroatoms. The van der Waals surface area contributed by atoms with E-state index in [1.54, 1.807) is 49.4 Å². The smallest absolute Gasteiger partial charge is 0.300 e. The van der Waals surface area contributed by atoms with Crippen LogP contribution >= 0.6 is 0 Å². The zero-order valence-corrected chi connectivity index (χ0v) is 20.1. The van der Waals surface area contributed by atoms with E-state index in [0.29, 0.717) is 41.0 Å². The number of Topliss-reactive ketones (excluding diaryl/α,β-unsaturated/α-hetero) is 1. The van der Waals surface area contributed by atoms with Gasteiger partial charge in [-0.3, -0.25) is 14.5 Å². The molecule has 1 fully saturated rings. The Hall–Kier alpha value is -3.80. The van der Waals surface area contributed by atoms with E-state index in [9.17, 15) is 14.7 Å². The lowest BCUT2D eigenvalue weighted by molar-refractivity contribution is -0.132. The lowest BCUT2D eigenvalue weighted by Gasteiger charge is -2.25. The summed E-state index contributed by atoms with van der Waals surface area (Å²) in [7, 11) is 0. The number of aliphatic hydroxyl groups excluding tert-OH is 1. The van der Waals surface area contributed by atoms with Gasteiger partial charge in [-0.2, -0.15) is 0 Å². The van der Waals surface area contributed by atoms with Crippen LogP contribution < -0.4 is 9.64 Å². The Labute approximate surface area is 199 Å². The number of benzene rings is 2. The molecule has 0 aliphatic carbocycles. The van der Waals surface area contributed by atoms with Crippen molar-refractivity contribution in [1.29, 1.82) is 0 Å². The summed E-state index contributed by atoms with van der Waals surface area (Å²) in [5.74, 6) is 0.235. The summed E-state index contributed by atoms with van der Waals surface area (Å²) in [6.07, 6.45) is 0. The summed E-state index contributed by atoms with van der Waals surface area (Å²) in [4.78, 5) is 28.0. The van der Waals surface area contributed by atoms with Gasteiger partial charge in [-0.1, -0.05) is 38.1 Å². The standard InChI is InChI=1S/C28H29NO5/c1-16(2)15-33-21-10-7-9-20(14-21)26(30)24-25(23-13-12-18(4)34-23)29(28(32)27(24)31)22-11-6-8-17(3)19(22)5/h6-14,16,25,30H,15H2,1-5H3/b26-24-. The largest absolute Gasteiger partial charge is 0.507 e. The number of anilines is 1. The van der Waals surface area contributed by atoms with Crippen LogP contribution in [0.25, 0.3) is 5.76 Å². The molecule has 1 amide bonds. The zero-order valence-electron chi connectivity index (χ0n) is 20.1. The summed E-state index contributed by atoms with van der Waals surface area (Å²) in [6.45, 7) is 10.3. The molecule has 34 heavy (non-hydrogen) atoms. The maximum absolute atomic E-state index is 13.3. The van der Waals surface area contributed by atoms with E-state index in [1.807, 2.05) is 39.8 Å². The fraction of sp³-hybridized carbons (Fsp3) is 0.286. The fourth-order valence-electron chi connectivity index (χ4n) is 4.10. The first-order valence-corrected chi connectivity index (χ1v) is 11.4. The fourth-order valence-corrected chi connectivity index (χ4v) is 4.10. The highest BCUT2D eigenvalue weighted by molar-refractivity contribution is 6.51. The normalized spacial score (nSPS) is 17.6. The number of hydrogen-bond acceptors (Lipinski definition) is 5. The van der Waals surface area contributed by atoms with Crippen molar-refractivity contribution in [3.63, 3.8) is 0 Å². The number of aryl methyl sites for hydroxylation is 2. The van der Waals surface area contributed by atoms with E-state index >= 15 is 0 Å². The SMILES string of the molecule is Cc1ccc(C2/C(=C(/O)c3cccc(OCC(C)C)c3)C(=O)C(=O)N2c2cccc(C)c2C)o1. The second kappa shape index (κ2) is 9.21. The van der Waals surface area contributed by atoms with Gasteiger partial charge >= 0.3 is 0 Å². The summed E-state index contributed by atoms with van der Waals surface area (Å²) in [6, 6.07) is 15.1. The van der Waals surface area contributed by atoms with E-state index in [0.717, 1.165) is 11.1 Å². The van der Waals surface area contributed by atoms with E-state index in [2.05, 4.69) is 0 Å². The van der Waals surface area contributed by atoms with Gasteiger partial charge in [0.05, 0.1) is 12.2 Å². The molecule has 2 heterocycles. The number of aliphatic hydroxyl groups is 1. The van der Waals surface area contributed by atoms with Gasteiger partial charge in [0.25, 0.3) is 11.7 Å². The maximum Gasteiger partial charge on any atom is 0.300 e. The van der Waals surface area contributed by atoms with Crippen LogP contribution in [-0.2, 0) is 9.59 Å². The molecule has 1 unspecified atom stereocenters. The number of carbonyl (C=O) groups excluding carboxylic acids is 2. The van der Waals surface area contributed by atoms with E-state index in [-0.39, 0.29) is 11.3 Å². The number of carbonyl (C=O) groups is 2. The Morgan fingerprint density at radius 2 is 1.79 bits per heavy atom. The van der Waals surface area contributed by atoms with E-state index < -0.39 is 17.7 Å². The van der Waals surface area contributed by atoms with Crippen LogP contribution in [0.1, 0.15) is 48.1 Å². The third-order valence-corrected chi connectivity index (χ3v) is 6.00. The highest BCUT2D eigenvalue weighted by atomic mass is 16.5. The highest BCUT2D eigenvalue weighted by Crippen LogP contribution is 2.44. The minimum absolute atomic E-state index is 0.0127. The quantitative estimate of drug-likeness (QED) is 0.283. The molecule has 4 rings (SSSR count). The molecular formula is C28H29NO5. The second-order valence-electron chi connectivity index (χ2n) is 9.07. The number of ether oxygens (including phenoxy) is 1. The van der Waals surface area contributed by atoms with Gasteiger partial charge in [-0.15, -0.1) is 0 Å². The second-order valence-corrected chi connectivity index (χ2v) is 9.07. The van der Waals surface area contributed by atoms with Gasteiger partial charge in [0.1, 0.15) is 29.1 Å². The van der Waals surface area contributed by atoms with Crippen molar-refractivity contribution >= 4 is 23.1 Å². The Morgan fingerprint density at radius 1 is 1.06 bits per heavy atom.